The molecule has 1 heteroatoms. The Hall–Kier alpha value is -0.820. The van der Waals surface area contributed by atoms with Gasteiger partial charge >= 0.3 is 0 Å². The van der Waals surface area contributed by atoms with Gasteiger partial charge in [0.1, 0.15) is 0 Å². The Morgan fingerprint density at radius 2 is 1.95 bits per heavy atom. The lowest BCUT2D eigenvalue weighted by Gasteiger charge is -2.31. The van der Waals surface area contributed by atoms with Crippen LogP contribution in [0, 0.1) is 11.3 Å². The van der Waals surface area contributed by atoms with Gasteiger partial charge in [-0.15, -0.1) is 0 Å². The zero-order valence-electron chi connectivity index (χ0n) is 12.9. The van der Waals surface area contributed by atoms with Gasteiger partial charge in [0.05, 0.1) is 0 Å². The first-order valence-corrected chi connectivity index (χ1v) is 7.85. The number of hydrogen-bond acceptors (Lipinski definition) is 1. The van der Waals surface area contributed by atoms with Crippen LogP contribution in [0.3, 0.4) is 0 Å². The lowest BCUT2D eigenvalue weighted by atomic mass is 9.78. The highest BCUT2D eigenvalue weighted by atomic mass is 14.9. The van der Waals surface area contributed by atoms with Crippen molar-refractivity contribution in [3.05, 3.63) is 35.9 Å². The van der Waals surface area contributed by atoms with Crippen LogP contribution in [0.25, 0.3) is 0 Å². The van der Waals surface area contributed by atoms with Crippen LogP contribution in [0.15, 0.2) is 30.3 Å². The summed E-state index contributed by atoms with van der Waals surface area (Å²) in [4.78, 5) is 0. The normalized spacial score (nSPS) is 25.3. The van der Waals surface area contributed by atoms with Crippen molar-refractivity contribution in [2.45, 2.75) is 58.9 Å². The van der Waals surface area contributed by atoms with Gasteiger partial charge in [0.15, 0.2) is 0 Å². The van der Waals surface area contributed by atoms with Crippen molar-refractivity contribution in [1.82, 2.24) is 5.32 Å². The van der Waals surface area contributed by atoms with Crippen LogP contribution in [0.2, 0.25) is 0 Å². The van der Waals surface area contributed by atoms with E-state index in [1.165, 1.54) is 19.3 Å². The Bertz CT molecular complexity index is 384. The first kappa shape index (κ1) is 14.6. The fourth-order valence-corrected chi connectivity index (χ4v) is 3.45. The van der Waals surface area contributed by atoms with E-state index < -0.39 is 0 Å². The molecule has 0 heterocycles. The summed E-state index contributed by atoms with van der Waals surface area (Å²) in [7, 11) is 0. The zero-order valence-corrected chi connectivity index (χ0v) is 12.9. The first-order chi connectivity index (χ1) is 9.07. The summed E-state index contributed by atoms with van der Waals surface area (Å²) < 4.78 is 0. The molecule has 0 aromatic heterocycles. The maximum absolute atomic E-state index is 3.66. The molecule has 3 atom stereocenters. The molecule has 1 aliphatic carbocycles. The summed E-state index contributed by atoms with van der Waals surface area (Å²) in [6, 6.07) is 11.7. The smallest absolute Gasteiger partial charge is 0.00106 e. The van der Waals surface area contributed by atoms with Gasteiger partial charge in [-0.25, -0.2) is 0 Å². The van der Waals surface area contributed by atoms with Crippen molar-refractivity contribution in [2.24, 2.45) is 11.3 Å². The Kier molecular flexibility index (Phi) is 4.67. The van der Waals surface area contributed by atoms with E-state index in [0.717, 1.165) is 18.4 Å². The molecule has 0 saturated heterocycles. The van der Waals surface area contributed by atoms with Crippen molar-refractivity contribution in [3.63, 3.8) is 0 Å². The van der Waals surface area contributed by atoms with E-state index in [0.29, 0.717) is 11.5 Å². The maximum atomic E-state index is 3.66. The third kappa shape index (κ3) is 3.60. The monoisotopic (exact) mass is 259 g/mol. The van der Waals surface area contributed by atoms with Crippen molar-refractivity contribution in [1.29, 1.82) is 0 Å². The minimum absolute atomic E-state index is 0.458. The molecule has 0 amide bonds. The lowest BCUT2D eigenvalue weighted by molar-refractivity contribution is 0.223. The second-order valence-corrected chi connectivity index (χ2v) is 6.80. The van der Waals surface area contributed by atoms with Crippen LogP contribution in [0.4, 0.5) is 0 Å². The highest BCUT2D eigenvalue weighted by Gasteiger charge is 2.49. The van der Waals surface area contributed by atoms with E-state index in [1.54, 1.807) is 5.56 Å². The predicted molar refractivity (Wildman–Crippen MR) is 83.4 cm³/mol. The van der Waals surface area contributed by atoms with Gasteiger partial charge in [0, 0.05) is 12.6 Å². The molecular weight excluding hydrogens is 230 g/mol. The lowest BCUT2D eigenvalue weighted by Crippen LogP contribution is -2.37. The molecule has 0 radical (unpaired) electrons. The molecule has 0 bridgehead atoms. The number of benzene rings is 1. The van der Waals surface area contributed by atoms with Crippen LogP contribution in [-0.2, 0) is 0 Å². The number of nitrogens with one attached hydrogen (secondary N) is 1. The van der Waals surface area contributed by atoms with Gasteiger partial charge in [-0.1, -0.05) is 64.4 Å². The number of hydrogen-bond donors (Lipinski definition) is 1. The van der Waals surface area contributed by atoms with Gasteiger partial charge in [0.2, 0.25) is 0 Å². The molecule has 0 aliphatic heterocycles. The predicted octanol–water partition coefficient (Wildman–Crippen LogP) is 4.59. The molecule has 2 rings (SSSR count). The van der Waals surface area contributed by atoms with Crippen LogP contribution in [0.1, 0.15) is 58.4 Å². The van der Waals surface area contributed by atoms with Crippen molar-refractivity contribution >= 4 is 0 Å². The topological polar surface area (TPSA) is 12.0 Å². The molecule has 1 fully saturated rings. The quantitative estimate of drug-likeness (QED) is 0.755. The van der Waals surface area contributed by atoms with Crippen LogP contribution in [0.5, 0.6) is 0 Å². The fraction of sp³-hybridized carbons (Fsp3) is 0.667. The molecule has 3 unspecified atom stereocenters. The van der Waals surface area contributed by atoms with Gasteiger partial charge in [-0.05, 0) is 35.7 Å². The van der Waals surface area contributed by atoms with E-state index in [1.807, 2.05) is 0 Å². The Morgan fingerprint density at radius 3 is 2.53 bits per heavy atom. The fourth-order valence-electron chi connectivity index (χ4n) is 3.45. The minimum Gasteiger partial charge on any atom is -0.314 e. The van der Waals surface area contributed by atoms with E-state index in [9.17, 15) is 0 Å². The summed E-state index contributed by atoms with van der Waals surface area (Å²) in [5.41, 5.74) is 2.00. The minimum atomic E-state index is 0.458. The van der Waals surface area contributed by atoms with Gasteiger partial charge in [0.25, 0.3) is 0 Å². The Balaban J connectivity index is 2.01. The Morgan fingerprint density at radius 1 is 1.26 bits per heavy atom. The average molecular weight is 259 g/mol. The van der Waals surface area contributed by atoms with Crippen molar-refractivity contribution in [2.75, 3.05) is 6.54 Å². The largest absolute Gasteiger partial charge is 0.314 e. The van der Waals surface area contributed by atoms with E-state index in [2.05, 4.69) is 63.3 Å². The second-order valence-electron chi connectivity index (χ2n) is 6.80. The highest BCUT2D eigenvalue weighted by molar-refractivity contribution is 5.27. The summed E-state index contributed by atoms with van der Waals surface area (Å²) in [5, 5.41) is 3.66. The summed E-state index contributed by atoms with van der Waals surface area (Å²) in [6.45, 7) is 10.4. The molecule has 19 heavy (non-hydrogen) atoms. The molecule has 106 valence electrons. The van der Waals surface area contributed by atoms with Crippen molar-refractivity contribution < 1.29 is 0 Å². The van der Waals surface area contributed by atoms with Crippen LogP contribution >= 0.6 is 0 Å². The SMILES string of the molecule is CCCC(C)(CNC(C)C)C1CC1c1ccccc1. The first-order valence-electron chi connectivity index (χ1n) is 7.85. The average Bonchev–Trinajstić information content (AvgIpc) is 3.19. The summed E-state index contributed by atoms with van der Waals surface area (Å²) >= 11 is 0. The molecule has 1 saturated carbocycles. The Labute approximate surface area is 118 Å². The zero-order chi connectivity index (χ0) is 13.9. The van der Waals surface area contributed by atoms with Crippen LogP contribution in [-0.4, -0.2) is 12.6 Å². The molecular formula is C18H29N. The van der Waals surface area contributed by atoms with Gasteiger partial charge in [-0.2, -0.15) is 0 Å². The third-order valence-electron chi connectivity index (χ3n) is 4.65. The molecule has 1 N–H and O–H groups in total. The van der Waals surface area contributed by atoms with E-state index in [-0.39, 0.29) is 0 Å². The van der Waals surface area contributed by atoms with E-state index in [4.69, 9.17) is 0 Å². The highest BCUT2D eigenvalue weighted by Crippen LogP contribution is 2.58. The molecule has 1 nitrogen and oxygen atoms in total. The summed E-state index contributed by atoms with van der Waals surface area (Å²) in [5.74, 6) is 1.66. The molecule has 1 aromatic carbocycles. The maximum Gasteiger partial charge on any atom is 0.00106 e. The standard InChI is InChI=1S/C18H29N/c1-5-11-18(4,13-19-14(2)3)17-12-16(17)15-9-7-6-8-10-15/h6-10,14,16-17,19H,5,11-13H2,1-4H3. The van der Waals surface area contributed by atoms with Crippen molar-refractivity contribution in [3.8, 4) is 0 Å². The van der Waals surface area contributed by atoms with Gasteiger partial charge < -0.3 is 5.32 Å². The molecule has 1 aromatic rings. The molecule has 0 spiro atoms. The second kappa shape index (κ2) is 6.09. The molecule has 1 aliphatic rings. The van der Waals surface area contributed by atoms with Crippen LogP contribution < -0.4 is 5.32 Å². The summed E-state index contributed by atoms with van der Waals surface area (Å²) in [6.07, 6.45) is 4.00. The third-order valence-corrected chi connectivity index (χ3v) is 4.65. The number of rotatable bonds is 7. The van der Waals surface area contributed by atoms with E-state index >= 15 is 0 Å². The van der Waals surface area contributed by atoms with Gasteiger partial charge in [-0.3, -0.25) is 0 Å².